The van der Waals surface area contributed by atoms with Gasteiger partial charge in [0.25, 0.3) is 0 Å². The molecule has 130 valence electrons. The Labute approximate surface area is 145 Å². The van der Waals surface area contributed by atoms with Crippen molar-refractivity contribution in [1.82, 2.24) is 0 Å². The Morgan fingerprint density at radius 1 is 0.840 bits per heavy atom. The molecule has 2 aromatic carbocycles. The Bertz CT molecular complexity index is 991. The fraction of sp³-hybridized carbons (Fsp3) is 0.263. The molecule has 6 heteroatoms. The second kappa shape index (κ2) is 5.47. The van der Waals surface area contributed by atoms with Crippen LogP contribution in [0.5, 0.6) is 0 Å². The lowest BCUT2D eigenvalue weighted by molar-refractivity contribution is 0.508. The maximum Gasteiger partial charge on any atom is 0.238 e. The number of nitrogens with two attached hydrogens (primary N) is 1. The van der Waals surface area contributed by atoms with E-state index in [1.54, 1.807) is 18.2 Å². The quantitative estimate of drug-likeness (QED) is 0.895. The first-order valence-corrected chi connectivity index (χ1v) is 9.63. The highest BCUT2D eigenvalue weighted by Gasteiger charge is 2.48. The predicted molar refractivity (Wildman–Crippen MR) is 91.9 cm³/mol. The van der Waals surface area contributed by atoms with E-state index in [0.29, 0.717) is 5.56 Å². The van der Waals surface area contributed by atoms with Crippen molar-refractivity contribution in [3.8, 4) is 0 Å². The molecule has 1 spiro atoms. The Morgan fingerprint density at radius 2 is 1.40 bits per heavy atom. The van der Waals surface area contributed by atoms with Crippen LogP contribution in [0.1, 0.15) is 36.8 Å². The van der Waals surface area contributed by atoms with E-state index in [9.17, 15) is 17.2 Å². The van der Waals surface area contributed by atoms with Gasteiger partial charge >= 0.3 is 0 Å². The second-order valence-corrected chi connectivity index (χ2v) is 8.57. The molecule has 1 saturated carbocycles. The van der Waals surface area contributed by atoms with Crippen molar-refractivity contribution in [2.24, 2.45) is 10.6 Å². The molecule has 0 saturated heterocycles. The molecule has 0 unspecified atom stereocenters. The zero-order chi connectivity index (χ0) is 17.8. The van der Waals surface area contributed by atoms with E-state index in [1.165, 1.54) is 18.2 Å². The molecule has 2 aromatic rings. The van der Waals surface area contributed by atoms with Crippen LogP contribution in [0.3, 0.4) is 0 Å². The minimum absolute atomic E-state index is 0.0605. The summed E-state index contributed by atoms with van der Waals surface area (Å²) in [5, 5.41) is 5.15. The first-order chi connectivity index (χ1) is 11.8. The highest BCUT2D eigenvalue weighted by Crippen LogP contribution is 2.63. The van der Waals surface area contributed by atoms with E-state index in [4.69, 9.17) is 5.14 Å². The third-order valence-electron chi connectivity index (χ3n) is 5.22. The molecule has 2 N–H and O–H groups in total. The van der Waals surface area contributed by atoms with Crippen LogP contribution in [0.25, 0.3) is 11.1 Å². The number of halogens is 2. The molecule has 2 aliphatic rings. The number of primary sulfonamides is 1. The summed E-state index contributed by atoms with van der Waals surface area (Å²) >= 11 is 0. The average Bonchev–Trinajstić information content (AvgIpc) is 3.20. The molecule has 0 atom stereocenters. The van der Waals surface area contributed by atoms with E-state index in [0.717, 1.165) is 48.5 Å². The zero-order valence-corrected chi connectivity index (χ0v) is 14.2. The summed E-state index contributed by atoms with van der Waals surface area (Å²) in [5.74, 6) is -1.71. The molecule has 0 aliphatic heterocycles. The molecule has 0 amide bonds. The fourth-order valence-electron chi connectivity index (χ4n) is 3.64. The number of hydrogen-bond donors (Lipinski definition) is 1. The van der Waals surface area contributed by atoms with Crippen LogP contribution in [0.15, 0.2) is 47.4 Å². The fourth-order valence-corrected chi connectivity index (χ4v) is 4.15. The van der Waals surface area contributed by atoms with E-state index in [1.807, 2.05) is 0 Å². The Morgan fingerprint density at radius 3 is 1.92 bits per heavy atom. The summed E-state index contributed by atoms with van der Waals surface area (Å²) in [6, 6.07) is 10.4. The lowest BCUT2D eigenvalue weighted by atomic mass is 9.97. The largest absolute Gasteiger partial charge is 0.238 e. The van der Waals surface area contributed by atoms with E-state index in [2.05, 4.69) is 0 Å². The summed E-state index contributed by atoms with van der Waals surface area (Å²) in [5.41, 5.74) is 3.90. The molecule has 0 heterocycles. The minimum atomic E-state index is -3.74. The van der Waals surface area contributed by atoms with Crippen LogP contribution >= 0.6 is 0 Å². The van der Waals surface area contributed by atoms with Gasteiger partial charge in [0.2, 0.25) is 10.0 Å². The topological polar surface area (TPSA) is 60.2 Å². The maximum atomic E-state index is 13.7. The van der Waals surface area contributed by atoms with Crippen molar-refractivity contribution in [3.63, 3.8) is 0 Å². The Kier molecular flexibility index (Phi) is 3.60. The molecular weight excluding hydrogens is 344 g/mol. The zero-order valence-electron chi connectivity index (χ0n) is 13.4. The third-order valence-corrected chi connectivity index (χ3v) is 6.15. The molecule has 0 aromatic heterocycles. The standard InChI is InChI=1S/C19H17F2NO2S/c20-17-6-3-13(9-18(17)21)16-11-19(7-8-19)10-15(16)12-1-4-14(5-2-12)25(22,23)24/h1-6,9H,7-8,10-11H2,(H2,22,23,24). The van der Waals surface area contributed by atoms with Crippen LogP contribution in [0.2, 0.25) is 0 Å². The molecule has 3 nitrogen and oxygen atoms in total. The van der Waals surface area contributed by atoms with Crippen molar-refractivity contribution in [1.29, 1.82) is 0 Å². The summed E-state index contributed by atoms with van der Waals surface area (Å²) < 4.78 is 49.8. The number of rotatable bonds is 3. The monoisotopic (exact) mass is 361 g/mol. The van der Waals surface area contributed by atoms with Crippen LogP contribution in [-0.4, -0.2) is 8.42 Å². The van der Waals surface area contributed by atoms with Crippen LogP contribution in [-0.2, 0) is 10.0 Å². The maximum absolute atomic E-state index is 13.7. The summed E-state index contributed by atoms with van der Waals surface area (Å²) in [4.78, 5) is 0.0605. The lowest BCUT2D eigenvalue weighted by Gasteiger charge is -2.09. The summed E-state index contributed by atoms with van der Waals surface area (Å²) in [6.07, 6.45) is 3.96. The van der Waals surface area contributed by atoms with Crippen molar-refractivity contribution in [2.45, 2.75) is 30.6 Å². The molecule has 0 radical (unpaired) electrons. The van der Waals surface area contributed by atoms with E-state index >= 15 is 0 Å². The normalized spacial score (nSPS) is 18.8. The Balaban J connectivity index is 1.79. The van der Waals surface area contributed by atoms with Gasteiger partial charge < -0.3 is 0 Å². The number of allylic oxidation sites excluding steroid dienone is 2. The summed E-state index contributed by atoms with van der Waals surface area (Å²) in [6.45, 7) is 0. The Hall–Kier alpha value is -2.05. The van der Waals surface area contributed by atoms with Gasteiger partial charge in [0.05, 0.1) is 4.90 Å². The van der Waals surface area contributed by atoms with Gasteiger partial charge in [-0.25, -0.2) is 22.3 Å². The molecule has 25 heavy (non-hydrogen) atoms. The molecule has 0 bridgehead atoms. The van der Waals surface area contributed by atoms with Crippen LogP contribution in [0.4, 0.5) is 8.78 Å². The van der Waals surface area contributed by atoms with Crippen molar-refractivity contribution >= 4 is 21.2 Å². The van der Waals surface area contributed by atoms with Gasteiger partial charge in [0.15, 0.2) is 11.6 Å². The van der Waals surface area contributed by atoms with Gasteiger partial charge in [-0.3, -0.25) is 0 Å². The minimum Gasteiger partial charge on any atom is -0.225 e. The number of sulfonamides is 1. The second-order valence-electron chi connectivity index (χ2n) is 7.01. The van der Waals surface area contributed by atoms with Gasteiger partial charge in [-0.1, -0.05) is 18.2 Å². The van der Waals surface area contributed by atoms with Crippen LogP contribution in [0, 0.1) is 17.0 Å². The SMILES string of the molecule is NS(=O)(=O)c1ccc(C2=C(c3ccc(F)c(F)c3)CC3(CC3)C2)cc1. The lowest BCUT2D eigenvalue weighted by Crippen LogP contribution is -2.11. The highest BCUT2D eigenvalue weighted by atomic mass is 32.2. The molecular formula is C19H17F2NO2S. The van der Waals surface area contributed by atoms with Gasteiger partial charge in [-0.15, -0.1) is 0 Å². The van der Waals surface area contributed by atoms with Gasteiger partial charge in [0.1, 0.15) is 0 Å². The predicted octanol–water partition coefficient (Wildman–Crippen LogP) is 4.10. The smallest absolute Gasteiger partial charge is 0.225 e. The molecule has 2 aliphatic carbocycles. The number of benzene rings is 2. The molecule has 4 rings (SSSR count). The van der Waals surface area contributed by atoms with Gasteiger partial charge in [-0.2, -0.15) is 0 Å². The van der Waals surface area contributed by atoms with Crippen molar-refractivity contribution < 1.29 is 17.2 Å². The van der Waals surface area contributed by atoms with E-state index in [-0.39, 0.29) is 10.3 Å². The average molecular weight is 361 g/mol. The molecule has 1 fully saturated rings. The first kappa shape index (κ1) is 16.4. The van der Waals surface area contributed by atoms with Crippen LogP contribution < -0.4 is 5.14 Å². The summed E-state index contributed by atoms with van der Waals surface area (Å²) in [7, 11) is -3.74. The van der Waals surface area contributed by atoms with E-state index < -0.39 is 21.7 Å². The highest BCUT2D eigenvalue weighted by molar-refractivity contribution is 7.89. The van der Waals surface area contributed by atoms with Gasteiger partial charge in [0, 0.05) is 0 Å². The van der Waals surface area contributed by atoms with Crippen molar-refractivity contribution in [2.75, 3.05) is 0 Å². The van der Waals surface area contributed by atoms with Gasteiger partial charge in [-0.05, 0) is 77.6 Å². The third kappa shape index (κ3) is 3.00. The van der Waals surface area contributed by atoms with Crippen molar-refractivity contribution in [3.05, 3.63) is 65.2 Å². The first-order valence-electron chi connectivity index (χ1n) is 8.08. The number of hydrogen-bond acceptors (Lipinski definition) is 2.